The third-order valence-corrected chi connectivity index (χ3v) is 4.57. The molecule has 0 radical (unpaired) electrons. The molecule has 5 rings (SSSR count). The summed E-state index contributed by atoms with van der Waals surface area (Å²) in [6.07, 6.45) is 0. The molecule has 22 heavy (non-hydrogen) atoms. The number of hydrogen-bond donors (Lipinski definition) is 1. The van der Waals surface area contributed by atoms with Crippen molar-refractivity contribution in [3.05, 3.63) is 89.0 Å². The predicted octanol–water partition coefficient (Wildman–Crippen LogP) is 5.32. The summed E-state index contributed by atoms with van der Waals surface area (Å²) in [5.74, 6) is 0. The second-order valence-electron chi connectivity index (χ2n) is 6.02. The molecule has 104 valence electrons. The Bertz CT molecular complexity index is 938. The molecule has 1 aliphatic heterocycles. The summed E-state index contributed by atoms with van der Waals surface area (Å²) in [6.45, 7) is 2.16. The van der Waals surface area contributed by atoms with Gasteiger partial charge in [0.2, 0.25) is 0 Å². The van der Waals surface area contributed by atoms with E-state index in [9.17, 15) is 0 Å². The monoisotopic (exact) mass is 281 g/mol. The SMILES string of the molecule is Cc1ccc2c(c1)C(=C1c3ccccc31)Nc1ccccc1-2. The van der Waals surface area contributed by atoms with E-state index in [4.69, 9.17) is 0 Å². The summed E-state index contributed by atoms with van der Waals surface area (Å²) in [6, 6.07) is 23.9. The Morgan fingerprint density at radius 3 is 2.09 bits per heavy atom. The molecule has 2 aliphatic rings. The number of para-hydroxylation sites is 1. The quantitative estimate of drug-likeness (QED) is 0.460. The molecule has 1 heteroatoms. The summed E-state index contributed by atoms with van der Waals surface area (Å²) in [5, 5.41) is 3.67. The molecule has 1 N–H and O–H groups in total. The van der Waals surface area contributed by atoms with E-state index in [2.05, 4.69) is 79.0 Å². The first-order chi connectivity index (χ1) is 10.8. The van der Waals surface area contributed by atoms with Gasteiger partial charge >= 0.3 is 0 Å². The molecule has 0 atom stereocenters. The predicted molar refractivity (Wildman–Crippen MR) is 92.6 cm³/mol. The van der Waals surface area contributed by atoms with Gasteiger partial charge in [-0.15, -0.1) is 0 Å². The van der Waals surface area contributed by atoms with Crippen LogP contribution in [0.15, 0.2) is 66.7 Å². The molecular formula is C21H15N. The summed E-state index contributed by atoms with van der Waals surface area (Å²) >= 11 is 0. The van der Waals surface area contributed by atoms with Crippen LogP contribution in [-0.4, -0.2) is 0 Å². The largest absolute Gasteiger partial charge is 0.354 e. The first-order valence-electron chi connectivity index (χ1n) is 7.64. The van der Waals surface area contributed by atoms with Crippen molar-refractivity contribution >= 4 is 17.0 Å². The lowest BCUT2D eigenvalue weighted by atomic mass is 9.90. The van der Waals surface area contributed by atoms with Gasteiger partial charge in [-0.3, -0.25) is 0 Å². The van der Waals surface area contributed by atoms with Crippen molar-refractivity contribution < 1.29 is 0 Å². The van der Waals surface area contributed by atoms with E-state index in [0.29, 0.717) is 0 Å². The number of aryl methyl sites for hydroxylation is 1. The van der Waals surface area contributed by atoms with Gasteiger partial charge in [0, 0.05) is 22.4 Å². The molecule has 0 unspecified atom stereocenters. The highest BCUT2D eigenvalue weighted by Gasteiger charge is 2.31. The molecular weight excluding hydrogens is 266 g/mol. The van der Waals surface area contributed by atoms with Gasteiger partial charge in [0.25, 0.3) is 0 Å². The third kappa shape index (κ3) is 1.54. The minimum Gasteiger partial charge on any atom is -0.354 e. The van der Waals surface area contributed by atoms with Gasteiger partial charge in [-0.2, -0.15) is 0 Å². The molecule has 1 nitrogen and oxygen atoms in total. The lowest BCUT2D eigenvalue weighted by Crippen LogP contribution is -2.08. The van der Waals surface area contributed by atoms with Gasteiger partial charge in [0.1, 0.15) is 0 Å². The fourth-order valence-electron chi connectivity index (χ4n) is 3.46. The number of anilines is 1. The molecule has 1 heterocycles. The molecule has 1 aliphatic carbocycles. The molecule has 0 fully saturated rings. The highest BCUT2D eigenvalue weighted by atomic mass is 14.9. The second kappa shape index (κ2) is 4.11. The van der Waals surface area contributed by atoms with Gasteiger partial charge in [0.05, 0.1) is 5.70 Å². The van der Waals surface area contributed by atoms with Crippen molar-refractivity contribution in [1.82, 2.24) is 0 Å². The van der Waals surface area contributed by atoms with Crippen LogP contribution in [0.2, 0.25) is 0 Å². The standard InChI is InChI=1S/C21H15N/c1-13-10-11-14-15-6-4-5-9-19(15)22-21(18(14)12-13)20-16-7-2-3-8-17(16)20/h2-12,22H,1H3. The molecule has 0 saturated heterocycles. The van der Waals surface area contributed by atoms with Crippen molar-refractivity contribution in [2.75, 3.05) is 5.32 Å². The zero-order valence-electron chi connectivity index (χ0n) is 12.4. The maximum Gasteiger partial charge on any atom is 0.0550 e. The van der Waals surface area contributed by atoms with E-state index < -0.39 is 0 Å². The zero-order chi connectivity index (χ0) is 14.7. The number of nitrogens with one attached hydrogen (secondary N) is 1. The average Bonchev–Trinajstić information content (AvgIpc) is 3.28. The van der Waals surface area contributed by atoms with Gasteiger partial charge in [-0.25, -0.2) is 0 Å². The van der Waals surface area contributed by atoms with Crippen LogP contribution in [0.25, 0.3) is 22.4 Å². The van der Waals surface area contributed by atoms with Gasteiger partial charge in [0.15, 0.2) is 0 Å². The van der Waals surface area contributed by atoms with Crippen LogP contribution in [-0.2, 0) is 0 Å². The van der Waals surface area contributed by atoms with Crippen LogP contribution in [0, 0.1) is 6.92 Å². The maximum atomic E-state index is 3.67. The van der Waals surface area contributed by atoms with Crippen LogP contribution in [0.1, 0.15) is 22.3 Å². The van der Waals surface area contributed by atoms with Crippen molar-refractivity contribution in [3.8, 4) is 11.1 Å². The van der Waals surface area contributed by atoms with E-state index in [-0.39, 0.29) is 0 Å². The fourth-order valence-corrected chi connectivity index (χ4v) is 3.46. The van der Waals surface area contributed by atoms with Crippen molar-refractivity contribution in [3.63, 3.8) is 0 Å². The normalized spacial score (nSPS) is 13.9. The van der Waals surface area contributed by atoms with Crippen LogP contribution in [0.3, 0.4) is 0 Å². The molecule has 3 aromatic carbocycles. The Hall–Kier alpha value is -2.80. The number of benzene rings is 3. The van der Waals surface area contributed by atoms with Crippen LogP contribution in [0.4, 0.5) is 5.69 Å². The van der Waals surface area contributed by atoms with Crippen molar-refractivity contribution in [1.29, 1.82) is 0 Å². The van der Waals surface area contributed by atoms with E-state index in [1.807, 2.05) is 0 Å². The minimum atomic E-state index is 1.19. The fraction of sp³-hybridized carbons (Fsp3) is 0.0476. The van der Waals surface area contributed by atoms with E-state index in [0.717, 1.165) is 0 Å². The third-order valence-electron chi connectivity index (χ3n) is 4.57. The van der Waals surface area contributed by atoms with Crippen molar-refractivity contribution in [2.24, 2.45) is 0 Å². The summed E-state index contributed by atoms with van der Waals surface area (Å²) in [4.78, 5) is 0. The molecule has 0 saturated carbocycles. The average molecular weight is 281 g/mol. The van der Waals surface area contributed by atoms with Gasteiger partial charge < -0.3 is 5.32 Å². The van der Waals surface area contributed by atoms with Crippen molar-refractivity contribution in [2.45, 2.75) is 6.92 Å². The molecule has 0 amide bonds. The minimum absolute atomic E-state index is 1.19. The smallest absolute Gasteiger partial charge is 0.0550 e. The van der Waals surface area contributed by atoms with Crippen LogP contribution < -0.4 is 5.32 Å². The zero-order valence-corrected chi connectivity index (χ0v) is 12.4. The summed E-state index contributed by atoms with van der Waals surface area (Å²) < 4.78 is 0. The van der Waals surface area contributed by atoms with E-state index in [1.165, 1.54) is 50.3 Å². The Morgan fingerprint density at radius 2 is 1.32 bits per heavy atom. The highest BCUT2D eigenvalue weighted by molar-refractivity contribution is 6.17. The number of hydrogen-bond acceptors (Lipinski definition) is 1. The Labute approximate surface area is 129 Å². The molecule has 0 aromatic heterocycles. The van der Waals surface area contributed by atoms with E-state index in [1.54, 1.807) is 0 Å². The number of rotatable bonds is 0. The Kier molecular flexibility index (Phi) is 2.21. The highest BCUT2D eigenvalue weighted by Crippen LogP contribution is 2.51. The maximum absolute atomic E-state index is 3.67. The lowest BCUT2D eigenvalue weighted by Gasteiger charge is -2.24. The van der Waals surface area contributed by atoms with Crippen LogP contribution >= 0.6 is 0 Å². The second-order valence-corrected chi connectivity index (χ2v) is 6.02. The first kappa shape index (κ1) is 11.8. The summed E-state index contributed by atoms with van der Waals surface area (Å²) in [5.41, 5.74) is 11.8. The number of fused-ring (bicyclic) bond motifs is 4. The van der Waals surface area contributed by atoms with Gasteiger partial charge in [-0.1, -0.05) is 60.2 Å². The Balaban J connectivity index is 1.82. The molecule has 0 spiro atoms. The van der Waals surface area contributed by atoms with Crippen LogP contribution in [0.5, 0.6) is 0 Å². The molecule has 3 aromatic rings. The first-order valence-corrected chi connectivity index (χ1v) is 7.64. The topological polar surface area (TPSA) is 12.0 Å². The van der Waals surface area contributed by atoms with E-state index >= 15 is 0 Å². The lowest BCUT2D eigenvalue weighted by molar-refractivity contribution is 1.41. The van der Waals surface area contributed by atoms with Gasteiger partial charge in [-0.05, 0) is 35.7 Å². The summed E-state index contributed by atoms with van der Waals surface area (Å²) in [7, 11) is 0. The Morgan fingerprint density at radius 1 is 0.636 bits per heavy atom. The molecule has 0 bridgehead atoms.